The van der Waals surface area contributed by atoms with Gasteiger partial charge in [-0.2, -0.15) is 0 Å². The van der Waals surface area contributed by atoms with Gasteiger partial charge in [-0.15, -0.1) is 0 Å². The second kappa shape index (κ2) is 5.17. The lowest BCUT2D eigenvalue weighted by Gasteiger charge is -2.08. The number of halogens is 1. The van der Waals surface area contributed by atoms with E-state index in [0.29, 0.717) is 11.6 Å². The summed E-state index contributed by atoms with van der Waals surface area (Å²) < 4.78 is 1.96. The van der Waals surface area contributed by atoms with E-state index in [2.05, 4.69) is 4.98 Å². The summed E-state index contributed by atoms with van der Waals surface area (Å²) >= 11 is 6.26. The predicted octanol–water partition coefficient (Wildman–Crippen LogP) is 2.81. The molecule has 0 spiro atoms. The lowest BCUT2D eigenvalue weighted by Crippen LogP contribution is -1.96. The predicted molar refractivity (Wildman–Crippen MR) is 71.4 cm³/mol. The Morgan fingerprint density at radius 2 is 2.29 bits per heavy atom. The van der Waals surface area contributed by atoms with Crippen LogP contribution in [0, 0.1) is 6.92 Å². The number of imidazole rings is 1. The fraction of sp³-hybridized carbons (Fsp3) is 0.154. The van der Waals surface area contributed by atoms with Crippen LogP contribution < -0.4 is 5.73 Å². The van der Waals surface area contributed by atoms with E-state index in [4.69, 9.17) is 17.3 Å². The molecule has 17 heavy (non-hydrogen) atoms. The monoisotopic (exact) mass is 247 g/mol. The third kappa shape index (κ3) is 2.57. The van der Waals surface area contributed by atoms with Crippen molar-refractivity contribution >= 4 is 17.7 Å². The highest BCUT2D eigenvalue weighted by molar-refractivity contribution is 6.32. The fourth-order valence-corrected chi connectivity index (χ4v) is 1.94. The van der Waals surface area contributed by atoms with Gasteiger partial charge < -0.3 is 10.3 Å². The van der Waals surface area contributed by atoms with Crippen LogP contribution in [0.15, 0.2) is 36.7 Å². The SMILES string of the molecule is Cc1nccn1-c1ccc(/C=C/CN)cc1Cl. The smallest absolute Gasteiger partial charge is 0.110 e. The van der Waals surface area contributed by atoms with Crippen LogP contribution in [-0.4, -0.2) is 16.1 Å². The molecule has 0 saturated carbocycles. The van der Waals surface area contributed by atoms with E-state index in [1.165, 1.54) is 0 Å². The number of hydrogen-bond acceptors (Lipinski definition) is 2. The number of benzene rings is 1. The van der Waals surface area contributed by atoms with Gasteiger partial charge in [0, 0.05) is 18.9 Å². The minimum Gasteiger partial charge on any atom is -0.327 e. The second-order valence-corrected chi connectivity index (χ2v) is 4.10. The van der Waals surface area contributed by atoms with Crippen molar-refractivity contribution in [1.29, 1.82) is 0 Å². The first-order valence-electron chi connectivity index (χ1n) is 5.39. The normalized spacial score (nSPS) is 11.2. The molecule has 0 fully saturated rings. The average molecular weight is 248 g/mol. The van der Waals surface area contributed by atoms with E-state index < -0.39 is 0 Å². The summed E-state index contributed by atoms with van der Waals surface area (Å²) in [6.07, 6.45) is 7.50. The third-order valence-corrected chi connectivity index (χ3v) is 2.81. The van der Waals surface area contributed by atoms with Crippen LogP contribution in [0.4, 0.5) is 0 Å². The van der Waals surface area contributed by atoms with E-state index in [1.807, 2.05) is 48.0 Å². The van der Waals surface area contributed by atoms with Crippen molar-refractivity contribution in [2.24, 2.45) is 5.73 Å². The van der Waals surface area contributed by atoms with Crippen LogP contribution in [0.2, 0.25) is 5.02 Å². The van der Waals surface area contributed by atoms with Crippen molar-refractivity contribution in [2.45, 2.75) is 6.92 Å². The Morgan fingerprint density at radius 3 is 2.88 bits per heavy atom. The van der Waals surface area contributed by atoms with Crippen molar-refractivity contribution in [3.8, 4) is 5.69 Å². The Bertz CT molecular complexity index is 543. The summed E-state index contributed by atoms with van der Waals surface area (Å²) in [4.78, 5) is 4.18. The Labute approximate surface area is 106 Å². The molecule has 88 valence electrons. The Kier molecular flexibility index (Phi) is 3.61. The zero-order valence-electron chi connectivity index (χ0n) is 9.60. The molecule has 1 aromatic heterocycles. The summed E-state index contributed by atoms with van der Waals surface area (Å²) in [5.41, 5.74) is 7.39. The highest BCUT2D eigenvalue weighted by atomic mass is 35.5. The number of nitrogens with zero attached hydrogens (tertiary/aromatic N) is 2. The molecule has 0 radical (unpaired) electrons. The maximum Gasteiger partial charge on any atom is 0.110 e. The van der Waals surface area contributed by atoms with Gasteiger partial charge in [-0.1, -0.05) is 29.8 Å². The molecular weight excluding hydrogens is 234 g/mol. The number of rotatable bonds is 3. The third-order valence-electron chi connectivity index (χ3n) is 2.50. The number of hydrogen-bond donors (Lipinski definition) is 1. The highest BCUT2D eigenvalue weighted by Gasteiger charge is 2.05. The molecule has 2 N–H and O–H groups in total. The number of nitrogens with two attached hydrogens (primary N) is 1. The molecule has 3 nitrogen and oxygen atoms in total. The summed E-state index contributed by atoms with van der Waals surface area (Å²) in [5.74, 6) is 0.914. The minimum atomic E-state index is 0.528. The maximum atomic E-state index is 6.26. The Morgan fingerprint density at radius 1 is 1.47 bits per heavy atom. The van der Waals surface area contributed by atoms with Crippen molar-refractivity contribution in [3.63, 3.8) is 0 Å². The second-order valence-electron chi connectivity index (χ2n) is 3.69. The van der Waals surface area contributed by atoms with Gasteiger partial charge in [0.05, 0.1) is 10.7 Å². The topological polar surface area (TPSA) is 43.8 Å². The van der Waals surface area contributed by atoms with Crippen LogP contribution in [-0.2, 0) is 0 Å². The zero-order chi connectivity index (χ0) is 12.3. The van der Waals surface area contributed by atoms with Gasteiger partial charge in [0.15, 0.2) is 0 Å². The first-order valence-corrected chi connectivity index (χ1v) is 5.76. The van der Waals surface area contributed by atoms with Crippen molar-refractivity contribution in [1.82, 2.24) is 9.55 Å². The minimum absolute atomic E-state index is 0.528. The Balaban J connectivity index is 2.39. The van der Waals surface area contributed by atoms with E-state index in [9.17, 15) is 0 Å². The van der Waals surface area contributed by atoms with Crippen LogP contribution >= 0.6 is 11.6 Å². The van der Waals surface area contributed by atoms with E-state index in [1.54, 1.807) is 6.20 Å². The van der Waals surface area contributed by atoms with Gasteiger partial charge in [-0.25, -0.2) is 4.98 Å². The maximum absolute atomic E-state index is 6.26. The molecule has 2 rings (SSSR count). The lowest BCUT2D eigenvalue weighted by atomic mass is 10.2. The van der Waals surface area contributed by atoms with Gasteiger partial charge in [0.1, 0.15) is 5.82 Å². The summed E-state index contributed by atoms with van der Waals surface area (Å²) in [6, 6.07) is 5.91. The summed E-state index contributed by atoms with van der Waals surface area (Å²) in [6.45, 7) is 2.47. The summed E-state index contributed by atoms with van der Waals surface area (Å²) in [7, 11) is 0. The van der Waals surface area contributed by atoms with Crippen LogP contribution in [0.5, 0.6) is 0 Å². The average Bonchev–Trinajstić information content (AvgIpc) is 2.73. The first-order chi connectivity index (χ1) is 8.22. The molecule has 0 atom stereocenters. The number of aromatic nitrogens is 2. The molecule has 0 amide bonds. The standard InChI is InChI=1S/C13H14ClN3/c1-10-16-7-8-17(10)13-5-4-11(3-2-6-15)9-12(13)14/h2-5,7-9H,6,15H2,1H3/b3-2+. The molecular formula is C13H14ClN3. The quantitative estimate of drug-likeness (QED) is 0.907. The van der Waals surface area contributed by atoms with Gasteiger partial charge in [-0.3, -0.25) is 0 Å². The molecule has 0 unspecified atom stereocenters. The molecule has 0 aliphatic carbocycles. The lowest BCUT2D eigenvalue weighted by molar-refractivity contribution is 0.975. The van der Waals surface area contributed by atoms with Gasteiger partial charge >= 0.3 is 0 Å². The van der Waals surface area contributed by atoms with Crippen molar-refractivity contribution in [3.05, 3.63) is 53.1 Å². The molecule has 1 aromatic carbocycles. The number of aryl methyl sites for hydroxylation is 1. The van der Waals surface area contributed by atoms with Gasteiger partial charge in [0.25, 0.3) is 0 Å². The van der Waals surface area contributed by atoms with E-state index in [-0.39, 0.29) is 0 Å². The van der Waals surface area contributed by atoms with Crippen molar-refractivity contribution in [2.75, 3.05) is 6.54 Å². The molecule has 0 saturated heterocycles. The zero-order valence-corrected chi connectivity index (χ0v) is 10.4. The molecule has 2 aromatic rings. The summed E-state index contributed by atoms with van der Waals surface area (Å²) in [5, 5.41) is 0.699. The van der Waals surface area contributed by atoms with Crippen LogP contribution in [0.3, 0.4) is 0 Å². The molecule has 0 bridgehead atoms. The Hall–Kier alpha value is -1.58. The molecule has 1 heterocycles. The largest absolute Gasteiger partial charge is 0.327 e. The van der Waals surface area contributed by atoms with Gasteiger partial charge in [0.2, 0.25) is 0 Å². The fourth-order valence-electron chi connectivity index (χ4n) is 1.66. The van der Waals surface area contributed by atoms with E-state index >= 15 is 0 Å². The van der Waals surface area contributed by atoms with E-state index in [0.717, 1.165) is 17.1 Å². The van der Waals surface area contributed by atoms with Crippen molar-refractivity contribution < 1.29 is 0 Å². The molecule has 0 aliphatic rings. The van der Waals surface area contributed by atoms with Crippen LogP contribution in [0.1, 0.15) is 11.4 Å². The first kappa shape index (κ1) is 11.9. The molecule has 0 aliphatic heterocycles. The molecule has 4 heteroatoms. The van der Waals surface area contributed by atoms with Crippen LogP contribution in [0.25, 0.3) is 11.8 Å². The highest BCUT2D eigenvalue weighted by Crippen LogP contribution is 2.23. The van der Waals surface area contributed by atoms with Gasteiger partial charge in [-0.05, 0) is 24.6 Å².